The van der Waals surface area contributed by atoms with E-state index in [-0.39, 0.29) is 22.5 Å². The lowest BCUT2D eigenvalue weighted by molar-refractivity contribution is -0.384. The zero-order valence-corrected chi connectivity index (χ0v) is 16.5. The van der Waals surface area contributed by atoms with Crippen LogP contribution in [-0.2, 0) is 19.1 Å². The Kier molecular flexibility index (Phi) is 5.43. The van der Waals surface area contributed by atoms with E-state index in [4.69, 9.17) is 9.47 Å². The van der Waals surface area contributed by atoms with Crippen molar-refractivity contribution in [3.05, 3.63) is 62.5 Å². The number of aliphatic hydroxyl groups is 1. The summed E-state index contributed by atoms with van der Waals surface area (Å²) in [6.07, 6.45) is -1.88. The molecule has 1 N–H and O–H groups in total. The van der Waals surface area contributed by atoms with Crippen LogP contribution >= 0.6 is 0 Å². The number of ether oxygens (including phenoxy) is 2. The zero-order valence-electron chi connectivity index (χ0n) is 16.5. The highest BCUT2D eigenvalue weighted by Gasteiger charge is 2.48. The zero-order chi connectivity index (χ0) is 21.5. The Hall–Kier alpha value is -3.20. The van der Waals surface area contributed by atoms with Gasteiger partial charge in [0, 0.05) is 24.4 Å². The Morgan fingerprint density at radius 2 is 2.10 bits per heavy atom. The van der Waals surface area contributed by atoms with Gasteiger partial charge in [0.15, 0.2) is 0 Å². The van der Waals surface area contributed by atoms with Crippen LogP contribution in [0, 0.1) is 10.1 Å². The van der Waals surface area contributed by atoms with Crippen molar-refractivity contribution < 1.29 is 29.1 Å². The number of nitro benzene ring substituents is 1. The van der Waals surface area contributed by atoms with Gasteiger partial charge in [0.05, 0.1) is 33.8 Å². The van der Waals surface area contributed by atoms with Crippen LogP contribution in [0.1, 0.15) is 39.2 Å². The molecule has 0 saturated carbocycles. The lowest BCUT2D eigenvalue weighted by Crippen LogP contribution is -2.36. The van der Waals surface area contributed by atoms with Crippen molar-refractivity contribution in [2.45, 2.75) is 46.0 Å². The van der Waals surface area contributed by atoms with Gasteiger partial charge < -0.3 is 19.5 Å². The minimum absolute atomic E-state index is 0.0844. The summed E-state index contributed by atoms with van der Waals surface area (Å²) in [4.78, 5) is 37.9. The molecule has 2 unspecified atom stereocenters. The second-order valence-electron chi connectivity index (χ2n) is 7.04. The summed E-state index contributed by atoms with van der Waals surface area (Å²) in [5.74, 6) is -2.36. The molecule has 29 heavy (non-hydrogen) atoms. The number of nitro groups is 1. The number of hydrogen-bond donors (Lipinski definition) is 1. The maximum absolute atomic E-state index is 13.0. The number of esters is 2. The van der Waals surface area contributed by atoms with Crippen molar-refractivity contribution in [1.29, 1.82) is 0 Å². The molecule has 2 aliphatic heterocycles. The monoisotopic (exact) mass is 402 g/mol. The fraction of sp³-hybridized carbons (Fsp3) is 0.400. The van der Waals surface area contributed by atoms with Gasteiger partial charge in [-0.2, -0.15) is 0 Å². The van der Waals surface area contributed by atoms with Gasteiger partial charge in [-0.05, 0) is 33.3 Å². The smallest absolute Gasteiger partial charge is 0.339 e. The van der Waals surface area contributed by atoms with Crippen LogP contribution in [-0.4, -0.2) is 45.8 Å². The molecule has 1 aromatic rings. The summed E-state index contributed by atoms with van der Waals surface area (Å²) in [6.45, 7) is 7.27. The SMILES string of the molecule is CCN1C(C)=C(C(=O)OC(C)C)C(c2cccc([N+](=O)[O-])c2)C2=C1C(O)OC2=O. The van der Waals surface area contributed by atoms with E-state index in [1.54, 1.807) is 31.7 Å². The van der Waals surface area contributed by atoms with Gasteiger partial charge in [0.2, 0.25) is 6.29 Å². The Bertz CT molecular complexity index is 948. The molecule has 0 bridgehead atoms. The van der Waals surface area contributed by atoms with Crippen LogP contribution in [0.4, 0.5) is 5.69 Å². The van der Waals surface area contributed by atoms with Gasteiger partial charge in [-0.3, -0.25) is 10.1 Å². The normalized spacial score (nSPS) is 21.4. The molecule has 0 spiro atoms. The third-order valence-corrected chi connectivity index (χ3v) is 4.90. The second-order valence-corrected chi connectivity index (χ2v) is 7.04. The van der Waals surface area contributed by atoms with Crippen molar-refractivity contribution in [2.75, 3.05) is 6.54 Å². The van der Waals surface area contributed by atoms with E-state index in [2.05, 4.69) is 0 Å². The highest BCUT2D eigenvalue weighted by Crippen LogP contribution is 2.46. The molecule has 1 aromatic carbocycles. The van der Waals surface area contributed by atoms with E-state index in [1.165, 1.54) is 18.2 Å². The van der Waals surface area contributed by atoms with Gasteiger partial charge in [-0.25, -0.2) is 9.59 Å². The average Bonchev–Trinajstić information content (AvgIpc) is 2.94. The molecule has 9 nitrogen and oxygen atoms in total. The number of allylic oxidation sites excluding steroid dienone is 1. The van der Waals surface area contributed by atoms with Crippen molar-refractivity contribution in [2.24, 2.45) is 0 Å². The lowest BCUT2D eigenvalue weighted by Gasteiger charge is -2.35. The van der Waals surface area contributed by atoms with Crippen molar-refractivity contribution in [1.82, 2.24) is 4.90 Å². The molecule has 2 aliphatic rings. The summed E-state index contributed by atoms with van der Waals surface area (Å²) < 4.78 is 10.4. The van der Waals surface area contributed by atoms with Crippen molar-refractivity contribution in [3.8, 4) is 0 Å². The average molecular weight is 402 g/mol. The lowest BCUT2D eigenvalue weighted by atomic mass is 9.80. The first-order chi connectivity index (χ1) is 13.7. The molecule has 9 heteroatoms. The summed E-state index contributed by atoms with van der Waals surface area (Å²) in [7, 11) is 0. The summed E-state index contributed by atoms with van der Waals surface area (Å²) in [5.41, 5.74) is 1.19. The molecule has 0 aliphatic carbocycles. The van der Waals surface area contributed by atoms with Gasteiger partial charge in [0.1, 0.15) is 0 Å². The molecule has 0 aromatic heterocycles. The number of likely N-dealkylation sites (N-methyl/N-ethyl adjacent to an activating group) is 1. The third-order valence-electron chi connectivity index (χ3n) is 4.90. The molecule has 0 radical (unpaired) electrons. The molecule has 2 atom stereocenters. The summed E-state index contributed by atoms with van der Waals surface area (Å²) >= 11 is 0. The van der Waals surface area contributed by atoms with Crippen LogP contribution < -0.4 is 0 Å². The van der Waals surface area contributed by atoms with Crippen LogP contribution in [0.25, 0.3) is 0 Å². The molecule has 3 rings (SSSR count). The first-order valence-corrected chi connectivity index (χ1v) is 9.24. The van der Waals surface area contributed by atoms with E-state index < -0.39 is 35.2 Å². The number of carbonyl (C=O) groups is 2. The van der Waals surface area contributed by atoms with Crippen molar-refractivity contribution in [3.63, 3.8) is 0 Å². The fourth-order valence-corrected chi connectivity index (χ4v) is 3.78. The van der Waals surface area contributed by atoms with E-state index in [9.17, 15) is 24.8 Å². The minimum Gasteiger partial charge on any atom is -0.460 e. The Morgan fingerprint density at radius 1 is 1.41 bits per heavy atom. The summed E-state index contributed by atoms with van der Waals surface area (Å²) in [6, 6.07) is 5.71. The van der Waals surface area contributed by atoms with Gasteiger partial charge in [0.25, 0.3) is 5.69 Å². The van der Waals surface area contributed by atoms with Gasteiger partial charge >= 0.3 is 11.9 Å². The predicted molar refractivity (Wildman–Crippen MR) is 101 cm³/mol. The van der Waals surface area contributed by atoms with Crippen LogP contribution in [0.3, 0.4) is 0 Å². The standard InChI is InChI=1S/C20H22N2O7/c1-5-21-11(4)14(18(23)28-10(2)3)15(16-17(21)20(25)29-19(16)24)12-7-6-8-13(9-12)22(26)27/h6-10,15,20,25H,5H2,1-4H3. The molecule has 0 fully saturated rings. The molecule has 0 saturated heterocycles. The molecule has 0 amide bonds. The number of carbonyl (C=O) groups excluding carboxylic acids is 2. The number of hydrogen-bond acceptors (Lipinski definition) is 8. The first kappa shape index (κ1) is 20.5. The highest BCUT2D eigenvalue weighted by atomic mass is 16.6. The number of rotatable bonds is 5. The van der Waals surface area contributed by atoms with Crippen LogP contribution in [0.15, 0.2) is 46.8 Å². The number of nitrogens with zero attached hydrogens (tertiary/aromatic N) is 2. The Morgan fingerprint density at radius 3 is 2.69 bits per heavy atom. The van der Waals surface area contributed by atoms with Gasteiger partial charge in [-0.15, -0.1) is 0 Å². The number of aliphatic hydroxyl groups excluding tert-OH is 1. The number of cyclic esters (lactones) is 1. The van der Waals surface area contributed by atoms with Crippen molar-refractivity contribution >= 4 is 17.6 Å². The van der Waals surface area contributed by atoms with Gasteiger partial charge in [-0.1, -0.05) is 12.1 Å². The van der Waals surface area contributed by atoms with E-state index in [0.717, 1.165) is 0 Å². The topological polar surface area (TPSA) is 119 Å². The fourth-order valence-electron chi connectivity index (χ4n) is 3.78. The summed E-state index contributed by atoms with van der Waals surface area (Å²) in [5, 5.41) is 21.6. The largest absolute Gasteiger partial charge is 0.460 e. The quantitative estimate of drug-likeness (QED) is 0.453. The maximum Gasteiger partial charge on any atom is 0.339 e. The second kappa shape index (κ2) is 7.67. The van der Waals surface area contributed by atoms with E-state index >= 15 is 0 Å². The molecule has 2 heterocycles. The maximum atomic E-state index is 13.0. The molecule has 154 valence electrons. The first-order valence-electron chi connectivity index (χ1n) is 9.24. The highest BCUT2D eigenvalue weighted by molar-refractivity contribution is 6.01. The minimum atomic E-state index is -1.48. The third kappa shape index (κ3) is 3.49. The molecular formula is C20H22N2O7. The van der Waals surface area contributed by atoms with E-state index in [1.807, 2.05) is 6.92 Å². The Balaban J connectivity index is 2.26. The molecular weight excluding hydrogens is 380 g/mol. The van der Waals surface area contributed by atoms with Crippen LogP contribution in [0.2, 0.25) is 0 Å². The van der Waals surface area contributed by atoms with E-state index in [0.29, 0.717) is 17.8 Å². The Labute approximate surface area is 167 Å². The number of benzene rings is 1. The predicted octanol–water partition coefficient (Wildman–Crippen LogP) is 2.37. The number of non-ortho nitro benzene ring substituents is 1. The van der Waals surface area contributed by atoms with Crippen LogP contribution in [0.5, 0.6) is 0 Å².